The van der Waals surface area contributed by atoms with Crippen molar-refractivity contribution in [1.29, 1.82) is 0 Å². The van der Waals surface area contributed by atoms with Crippen LogP contribution in [-0.2, 0) is 11.3 Å². The average Bonchev–Trinajstić information content (AvgIpc) is 2.18. The van der Waals surface area contributed by atoms with Crippen LogP contribution in [0.25, 0.3) is 0 Å². The van der Waals surface area contributed by atoms with E-state index in [0.717, 1.165) is 0 Å². The van der Waals surface area contributed by atoms with Crippen LogP contribution < -0.4 is 5.73 Å². The minimum atomic E-state index is 0.0277. The molecule has 2 rings (SSSR count). The Balaban J connectivity index is 2.31. The van der Waals surface area contributed by atoms with Gasteiger partial charge in [0.2, 0.25) is 0 Å². The predicted octanol–water partition coefficient (Wildman–Crippen LogP) is 2.24. The summed E-state index contributed by atoms with van der Waals surface area (Å²) in [6, 6.07) is 8.30. The third-order valence-corrected chi connectivity index (χ3v) is 2.86. The van der Waals surface area contributed by atoms with Crippen LogP contribution in [-0.4, -0.2) is 6.10 Å². The lowest BCUT2D eigenvalue weighted by molar-refractivity contribution is -0.0194. The molecule has 2 heteroatoms. The Morgan fingerprint density at radius 2 is 2.07 bits per heavy atom. The van der Waals surface area contributed by atoms with Crippen LogP contribution in [0.15, 0.2) is 24.3 Å². The highest BCUT2D eigenvalue weighted by Gasteiger charge is 2.29. The Kier molecular flexibility index (Phi) is 2.57. The number of fused-ring (bicyclic) bond motifs is 1. The van der Waals surface area contributed by atoms with E-state index in [1.165, 1.54) is 11.1 Å². The Morgan fingerprint density at radius 1 is 1.36 bits per heavy atom. The molecule has 1 aromatic rings. The molecule has 0 radical (unpaired) electrons. The van der Waals surface area contributed by atoms with Crippen molar-refractivity contribution >= 4 is 0 Å². The van der Waals surface area contributed by atoms with Crippen LogP contribution in [0, 0.1) is 5.92 Å². The van der Waals surface area contributed by atoms with Gasteiger partial charge in [0.25, 0.3) is 0 Å². The third kappa shape index (κ3) is 1.56. The summed E-state index contributed by atoms with van der Waals surface area (Å²) in [6.45, 7) is 5.00. The van der Waals surface area contributed by atoms with Crippen molar-refractivity contribution in [2.75, 3.05) is 0 Å². The molecular formula is C12H17NO. The quantitative estimate of drug-likeness (QED) is 0.739. The van der Waals surface area contributed by atoms with Gasteiger partial charge in [-0.15, -0.1) is 0 Å². The molecule has 1 aromatic carbocycles. The van der Waals surface area contributed by atoms with Crippen molar-refractivity contribution in [2.45, 2.75) is 32.6 Å². The second kappa shape index (κ2) is 3.71. The van der Waals surface area contributed by atoms with Crippen molar-refractivity contribution in [3.63, 3.8) is 0 Å². The fourth-order valence-electron chi connectivity index (χ4n) is 2.06. The van der Waals surface area contributed by atoms with Crippen LogP contribution >= 0.6 is 0 Å². The summed E-state index contributed by atoms with van der Waals surface area (Å²) in [5.74, 6) is 0.471. The molecule has 0 amide bonds. The standard InChI is InChI=1S/C12H17NO/c1-8(2)12-11(13)10-6-4-3-5-9(10)7-14-12/h3-6,8,11-12H,7,13H2,1-2H3/t11-,12?/m0/s1. The number of rotatable bonds is 1. The highest BCUT2D eigenvalue weighted by molar-refractivity contribution is 5.31. The number of nitrogens with two attached hydrogens (primary N) is 1. The maximum Gasteiger partial charge on any atom is 0.0795 e. The summed E-state index contributed by atoms with van der Waals surface area (Å²) in [5.41, 5.74) is 8.65. The molecule has 76 valence electrons. The molecule has 1 heterocycles. The molecule has 0 fully saturated rings. The maximum absolute atomic E-state index is 6.17. The van der Waals surface area contributed by atoms with E-state index in [1.807, 2.05) is 12.1 Å². The van der Waals surface area contributed by atoms with Gasteiger partial charge in [-0.25, -0.2) is 0 Å². The van der Waals surface area contributed by atoms with Gasteiger partial charge in [-0.2, -0.15) is 0 Å². The van der Waals surface area contributed by atoms with Crippen LogP contribution in [0.3, 0.4) is 0 Å². The van der Waals surface area contributed by atoms with Crippen LogP contribution in [0.5, 0.6) is 0 Å². The molecule has 0 aliphatic carbocycles. The van der Waals surface area contributed by atoms with Crippen molar-refractivity contribution < 1.29 is 4.74 Å². The summed E-state index contributed by atoms with van der Waals surface area (Å²) in [4.78, 5) is 0. The van der Waals surface area contributed by atoms with E-state index < -0.39 is 0 Å². The predicted molar refractivity (Wildman–Crippen MR) is 56.8 cm³/mol. The zero-order valence-electron chi connectivity index (χ0n) is 8.73. The first-order valence-corrected chi connectivity index (χ1v) is 5.15. The summed E-state index contributed by atoms with van der Waals surface area (Å²) in [7, 11) is 0. The molecule has 0 bridgehead atoms. The zero-order chi connectivity index (χ0) is 10.1. The van der Waals surface area contributed by atoms with Gasteiger partial charge in [-0.3, -0.25) is 0 Å². The second-order valence-electron chi connectivity index (χ2n) is 4.24. The Hall–Kier alpha value is -0.860. The molecule has 0 saturated heterocycles. The van der Waals surface area contributed by atoms with Crippen LogP contribution in [0.1, 0.15) is 31.0 Å². The van der Waals surface area contributed by atoms with Crippen LogP contribution in [0.2, 0.25) is 0 Å². The van der Waals surface area contributed by atoms with Gasteiger partial charge >= 0.3 is 0 Å². The van der Waals surface area contributed by atoms with Gasteiger partial charge < -0.3 is 10.5 Å². The lowest BCUT2D eigenvalue weighted by Gasteiger charge is -2.33. The van der Waals surface area contributed by atoms with Gasteiger partial charge in [-0.1, -0.05) is 38.1 Å². The van der Waals surface area contributed by atoms with Gasteiger partial charge in [0.05, 0.1) is 18.8 Å². The summed E-state index contributed by atoms with van der Waals surface area (Å²) in [6.07, 6.45) is 0.157. The molecule has 14 heavy (non-hydrogen) atoms. The molecule has 1 aliphatic heterocycles. The minimum absolute atomic E-state index is 0.0277. The Bertz CT molecular complexity index is 322. The normalized spacial score (nSPS) is 26.3. The number of benzene rings is 1. The van der Waals surface area contributed by atoms with Crippen molar-refractivity contribution in [1.82, 2.24) is 0 Å². The first-order chi connectivity index (χ1) is 6.70. The molecule has 2 nitrogen and oxygen atoms in total. The molecule has 1 aliphatic rings. The lowest BCUT2D eigenvalue weighted by Crippen LogP contribution is -2.37. The minimum Gasteiger partial charge on any atom is -0.371 e. The lowest BCUT2D eigenvalue weighted by atomic mass is 9.89. The van der Waals surface area contributed by atoms with Gasteiger partial charge in [-0.05, 0) is 17.0 Å². The van der Waals surface area contributed by atoms with Gasteiger partial charge in [0.15, 0.2) is 0 Å². The van der Waals surface area contributed by atoms with E-state index in [0.29, 0.717) is 12.5 Å². The molecule has 0 spiro atoms. The SMILES string of the molecule is CC(C)C1OCc2ccccc2[C@@H]1N. The monoisotopic (exact) mass is 191 g/mol. The van der Waals surface area contributed by atoms with Crippen LogP contribution in [0.4, 0.5) is 0 Å². The fourth-order valence-corrected chi connectivity index (χ4v) is 2.06. The van der Waals surface area contributed by atoms with E-state index in [9.17, 15) is 0 Å². The first kappa shape index (κ1) is 9.69. The van der Waals surface area contributed by atoms with E-state index in [2.05, 4.69) is 26.0 Å². The second-order valence-corrected chi connectivity index (χ2v) is 4.24. The first-order valence-electron chi connectivity index (χ1n) is 5.15. The fraction of sp³-hybridized carbons (Fsp3) is 0.500. The van der Waals surface area contributed by atoms with Crippen molar-refractivity contribution in [3.05, 3.63) is 35.4 Å². The topological polar surface area (TPSA) is 35.2 Å². The molecular weight excluding hydrogens is 174 g/mol. The van der Waals surface area contributed by atoms with Gasteiger partial charge in [0.1, 0.15) is 0 Å². The Morgan fingerprint density at radius 3 is 2.79 bits per heavy atom. The summed E-state index contributed by atoms with van der Waals surface area (Å²) >= 11 is 0. The van der Waals surface area contributed by atoms with Crippen molar-refractivity contribution in [3.8, 4) is 0 Å². The van der Waals surface area contributed by atoms with E-state index in [4.69, 9.17) is 10.5 Å². The number of ether oxygens (including phenoxy) is 1. The highest BCUT2D eigenvalue weighted by Crippen LogP contribution is 2.30. The third-order valence-electron chi connectivity index (χ3n) is 2.86. The van der Waals surface area contributed by atoms with E-state index in [1.54, 1.807) is 0 Å². The van der Waals surface area contributed by atoms with Gasteiger partial charge in [0, 0.05) is 0 Å². The molecule has 2 N–H and O–H groups in total. The highest BCUT2D eigenvalue weighted by atomic mass is 16.5. The maximum atomic E-state index is 6.17. The molecule has 1 unspecified atom stereocenters. The van der Waals surface area contributed by atoms with E-state index >= 15 is 0 Å². The van der Waals surface area contributed by atoms with E-state index in [-0.39, 0.29) is 12.1 Å². The zero-order valence-corrected chi connectivity index (χ0v) is 8.73. The molecule has 0 aromatic heterocycles. The smallest absolute Gasteiger partial charge is 0.0795 e. The average molecular weight is 191 g/mol. The summed E-state index contributed by atoms with van der Waals surface area (Å²) < 4.78 is 5.75. The van der Waals surface area contributed by atoms with Crippen molar-refractivity contribution in [2.24, 2.45) is 11.7 Å². The summed E-state index contributed by atoms with van der Waals surface area (Å²) in [5, 5.41) is 0. The Labute approximate surface area is 85.1 Å². The largest absolute Gasteiger partial charge is 0.371 e. The number of hydrogen-bond donors (Lipinski definition) is 1. The number of hydrogen-bond acceptors (Lipinski definition) is 2. The molecule has 2 atom stereocenters. The molecule has 0 saturated carbocycles.